The number of para-hydroxylation sites is 2. The Morgan fingerprint density at radius 2 is 1.48 bits per heavy atom. The van der Waals surface area contributed by atoms with Crippen molar-refractivity contribution in [3.05, 3.63) is 88.9 Å². The van der Waals surface area contributed by atoms with Gasteiger partial charge in [-0.2, -0.15) is 0 Å². The topological polar surface area (TPSA) is 67.4 Å². The van der Waals surface area contributed by atoms with Crippen LogP contribution in [0.2, 0.25) is 5.02 Å². The average Bonchev–Trinajstić information content (AvgIpc) is 2.69. The lowest BCUT2D eigenvalue weighted by atomic mass is 10.1. The van der Waals surface area contributed by atoms with Gasteiger partial charge in [0.05, 0.1) is 23.4 Å². The van der Waals surface area contributed by atoms with E-state index in [4.69, 9.17) is 16.3 Å². The van der Waals surface area contributed by atoms with E-state index in [9.17, 15) is 9.59 Å². The molecule has 0 atom stereocenters. The van der Waals surface area contributed by atoms with Gasteiger partial charge in [-0.1, -0.05) is 35.9 Å². The normalized spacial score (nSPS) is 10.1. The second kappa shape index (κ2) is 8.38. The number of nitrogens with one attached hydrogen (secondary N) is 2. The SMILES string of the molecule is COc1ccccc1NC(=O)c1ccc(NC(=O)c2ccccc2Cl)cc1. The van der Waals surface area contributed by atoms with Crippen LogP contribution in [-0.4, -0.2) is 18.9 Å². The van der Waals surface area contributed by atoms with Gasteiger partial charge in [-0.3, -0.25) is 9.59 Å². The van der Waals surface area contributed by atoms with Gasteiger partial charge in [0.1, 0.15) is 5.75 Å². The molecule has 0 radical (unpaired) electrons. The highest BCUT2D eigenvalue weighted by Gasteiger charge is 2.12. The van der Waals surface area contributed by atoms with Crippen molar-refractivity contribution in [3.8, 4) is 5.75 Å². The van der Waals surface area contributed by atoms with Crippen molar-refractivity contribution in [2.75, 3.05) is 17.7 Å². The number of rotatable bonds is 5. The summed E-state index contributed by atoms with van der Waals surface area (Å²) in [7, 11) is 1.54. The summed E-state index contributed by atoms with van der Waals surface area (Å²) in [6.45, 7) is 0. The first-order chi connectivity index (χ1) is 13.1. The Labute approximate surface area is 161 Å². The van der Waals surface area contributed by atoms with Crippen molar-refractivity contribution in [1.29, 1.82) is 0 Å². The first kappa shape index (κ1) is 18.5. The fourth-order valence-electron chi connectivity index (χ4n) is 2.49. The molecule has 0 aliphatic carbocycles. The number of hydrogen-bond donors (Lipinski definition) is 2. The largest absolute Gasteiger partial charge is 0.495 e. The minimum atomic E-state index is -0.313. The average molecular weight is 381 g/mol. The third-order valence-corrected chi connectivity index (χ3v) is 4.21. The number of carbonyl (C=O) groups excluding carboxylic acids is 2. The Kier molecular flexibility index (Phi) is 5.74. The quantitative estimate of drug-likeness (QED) is 0.664. The molecule has 2 N–H and O–H groups in total. The van der Waals surface area contributed by atoms with E-state index in [1.54, 1.807) is 67.8 Å². The molecule has 0 unspecified atom stereocenters. The molecule has 0 saturated heterocycles. The van der Waals surface area contributed by atoms with Crippen LogP contribution >= 0.6 is 11.6 Å². The van der Waals surface area contributed by atoms with Crippen LogP contribution in [-0.2, 0) is 0 Å². The number of methoxy groups -OCH3 is 1. The highest BCUT2D eigenvalue weighted by Crippen LogP contribution is 2.24. The van der Waals surface area contributed by atoms with Gasteiger partial charge < -0.3 is 15.4 Å². The third-order valence-electron chi connectivity index (χ3n) is 3.88. The zero-order valence-corrected chi connectivity index (χ0v) is 15.3. The molecule has 0 aromatic heterocycles. The summed E-state index contributed by atoms with van der Waals surface area (Å²) in [4.78, 5) is 24.7. The number of carbonyl (C=O) groups is 2. The van der Waals surface area contributed by atoms with Gasteiger partial charge >= 0.3 is 0 Å². The Hall–Kier alpha value is -3.31. The lowest BCUT2D eigenvalue weighted by Gasteiger charge is -2.10. The van der Waals surface area contributed by atoms with Crippen LogP contribution < -0.4 is 15.4 Å². The van der Waals surface area contributed by atoms with E-state index in [1.165, 1.54) is 0 Å². The van der Waals surface area contributed by atoms with Gasteiger partial charge in [0, 0.05) is 11.3 Å². The predicted molar refractivity (Wildman–Crippen MR) is 107 cm³/mol. The molecule has 3 rings (SSSR count). The predicted octanol–water partition coefficient (Wildman–Crippen LogP) is 4.85. The monoisotopic (exact) mass is 380 g/mol. The smallest absolute Gasteiger partial charge is 0.257 e. The highest BCUT2D eigenvalue weighted by atomic mass is 35.5. The van der Waals surface area contributed by atoms with E-state index < -0.39 is 0 Å². The van der Waals surface area contributed by atoms with Crippen molar-refractivity contribution in [2.45, 2.75) is 0 Å². The van der Waals surface area contributed by atoms with Crippen molar-refractivity contribution in [1.82, 2.24) is 0 Å². The van der Waals surface area contributed by atoms with Crippen LogP contribution in [0.4, 0.5) is 11.4 Å². The van der Waals surface area contributed by atoms with Crippen LogP contribution in [0.3, 0.4) is 0 Å². The maximum absolute atomic E-state index is 12.4. The van der Waals surface area contributed by atoms with Crippen molar-refractivity contribution in [2.24, 2.45) is 0 Å². The molecule has 0 aliphatic heterocycles. The molecule has 3 aromatic rings. The van der Waals surface area contributed by atoms with E-state index in [0.717, 1.165) is 0 Å². The van der Waals surface area contributed by atoms with Crippen LogP contribution in [0.15, 0.2) is 72.8 Å². The number of hydrogen-bond acceptors (Lipinski definition) is 3. The summed E-state index contributed by atoms with van der Waals surface area (Å²) in [5, 5.41) is 5.94. The Morgan fingerprint density at radius 3 is 2.19 bits per heavy atom. The minimum Gasteiger partial charge on any atom is -0.495 e. The maximum atomic E-state index is 12.4. The number of benzene rings is 3. The van der Waals surface area contributed by atoms with Crippen LogP contribution in [0.5, 0.6) is 5.75 Å². The lowest BCUT2D eigenvalue weighted by molar-refractivity contribution is 0.101. The molecule has 0 saturated carbocycles. The molecule has 3 aromatic carbocycles. The number of halogens is 1. The van der Waals surface area contributed by atoms with Crippen LogP contribution in [0, 0.1) is 0 Å². The highest BCUT2D eigenvalue weighted by molar-refractivity contribution is 6.34. The van der Waals surface area contributed by atoms with Crippen LogP contribution in [0.1, 0.15) is 20.7 Å². The van der Waals surface area contributed by atoms with Gasteiger partial charge in [0.25, 0.3) is 11.8 Å². The summed E-state index contributed by atoms with van der Waals surface area (Å²) in [6.07, 6.45) is 0. The first-order valence-electron chi connectivity index (χ1n) is 8.19. The fourth-order valence-corrected chi connectivity index (χ4v) is 2.71. The van der Waals surface area contributed by atoms with Crippen LogP contribution in [0.25, 0.3) is 0 Å². The zero-order valence-electron chi connectivity index (χ0n) is 14.5. The molecule has 0 heterocycles. The van der Waals surface area contributed by atoms with E-state index in [2.05, 4.69) is 10.6 Å². The summed E-state index contributed by atoms with van der Waals surface area (Å²) >= 11 is 6.03. The number of anilines is 2. The minimum absolute atomic E-state index is 0.275. The van der Waals surface area contributed by atoms with Gasteiger partial charge in [-0.15, -0.1) is 0 Å². The third kappa shape index (κ3) is 4.46. The second-order valence-electron chi connectivity index (χ2n) is 5.67. The molecule has 5 nitrogen and oxygen atoms in total. The maximum Gasteiger partial charge on any atom is 0.257 e. The van der Waals surface area contributed by atoms with Crippen molar-refractivity contribution in [3.63, 3.8) is 0 Å². The molecule has 0 spiro atoms. The second-order valence-corrected chi connectivity index (χ2v) is 6.07. The van der Waals surface area contributed by atoms with E-state index in [-0.39, 0.29) is 11.8 Å². The Balaban J connectivity index is 1.69. The summed E-state index contributed by atoms with van der Waals surface area (Å²) in [6, 6.07) is 20.5. The number of ether oxygens (including phenoxy) is 1. The van der Waals surface area contributed by atoms with Crippen molar-refractivity contribution < 1.29 is 14.3 Å². The molecule has 6 heteroatoms. The molecule has 2 amide bonds. The molecule has 0 aliphatic rings. The van der Waals surface area contributed by atoms with Gasteiger partial charge in [-0.05, 0) is 48.5 Å². The molecule has 136 valence electrons. The van der Waals surface area contributed by atoms with Crippen molar-refractivity contribution >= 4 is 34.8 Å². The summed E-state index contributed by atoms with van der Waals surface area (Å²) < 4.78 is 5.22. The summed E-state index contributed by atoms with van der Waals surface area (Å²) in [5.74, 6) is -0.00947. The molecular weight excluding hydrogens is 364 g/mol. The fraction of sp³-hybridized carbons (Fsp3) is 0.0476. The molecule has 27 heavy (non-hydrogen) atoms. The zero-order chi connectivity index (χ0) is 19.2. The molecular formula is C21H17ClN2O3. The van der Waals surface area contributed by atoms with E-state index >= 15 is 0 Å². The number of amides is 2. The standard InChI is InChI=1S/C21H17ClN2O3/c1-27-19-9-5-4-8-18(19)24-20(25)14-10-12-15(13-11-14)23-21(26)16-6-2-3-7-17(16)22/h2-13H,1H3,(H,23,26)(H,24,25). The first-order valence-corrected chi connectivity index (χ1v) is 8.56. The lowest BCUT2D eigenvalue weighted by Crippen LogP contribution is -2.14. The molecule has 0 bridgehead atoms. The van der Waals surface area contributed by atoms with E-state index in [0.29, 0.717) is 33.3 Å². The molecule has 0 fully saturated rings. The van der Waals surface area contributed by atoms with E-state index in [1.807, 2.05) is 12.1 Å². The van der Waals surface area contributed by atoms with Gasteiger partial charge in [0.15, 0.2) is 0 Å². The van der Waals surface area contributed by atoms with Gasteiger partial charge in [0.2, 0.25) is 0 Å². The Morgan fingerprint density at radius 1 is 0.815 bits per heavy atom. The summed E-state index contributed by atoms with van der Waals surface area (Å²) in [5.41, 5.74) is 1.99. The Bertz CT molecular complexity index is 971. The van der Waals surface area contributed by atoms with Gasteiger partial charge in [-0.25, -0.2) is 0 Å².